The first-order valence-electron chi connectivity index (χ1n) is 3.57. The number of rotatable bonds is 4. The Morgan fingerprint density at radius 3 is 3.00 bits per heavy atom. The maximum Gasteiger partial charge on any atom is 0.121 e. The van der Waals surface area contributed by atoms with Crippen LogP contribution in [0.1, 0.15) is 24.6 Å². The second-order valence-corrected chi connectivity index (χ2v) is 2.37. The van der Waals surface area contributed by atoms with Gasteiger partial charge in [-0.15, -0.1) is 0 Å². The van der Waals surface area contributed by atoms with Crippen LogP contribution >= 0.6 is 0 Å². The number of hydrogen-bond acceptors (Lipinski definition) is 5. The van der Waals surface area contributed by atoms with Gasteiger partial charge in [-0.2, -0.15) is 0 Å². The average molecular weight is 156 g/mol. The number of nitrogens with zero attached hydrogens (tertiary/aromatic N) is 2. The van der Waals surface area contributed by atoms with E-state index in [0.717, 1.165) is 12.8 Å². The van der Waals surface area contributed by atoms with Crippen molar-refractivity contribution in [1.29, 1.82) is 0 Å². The fourth-order valence-corrected chi connectivity index (χ4v) is 0.821. The van der Waals surface area contributed by atoms with Gasteiger partial charge in [0.2, 0.25) is 0 Å². The third-order valence-electron chi connectivity index (χ3n) is 1.48. The van der Waals surface area contributed by atoms with E-state index >= 15 is 0 Å². The molecular formula is C6H12N4O. The van der Waals surface area contributed by atoms with Crippen LogP contribution in [0, 0.1) is 0 Å². The second-order valence-electron chi connectivity index (χ2n) is 2.37. The molecule has 0 radical (unpaired) electrons. The molecule has 62 valence electrons. The molecule has 1 aromatic heterocycles. The van der Waals surface area contributed by atoms with Crippen molar-refractivity contribution in [2.24, 2.45) is 11.5 Å². The van der Waals surface area contributed by atoms with Gasteiger partial charge in [0, 0.05) is 0 Å². The van der Waals surface area contributed by atoms with Crippen molar-refractivity contribution < 1.29 is 4.63 Å². The Labute approximate surface area is 64.7 Å². The van der Waals surface area contributed by atoms with Gasteiger partial charge in [0.1, 0.15) is 5.69 Å². The van der Waals surface area contributed by atoms with Crippen LogP contribution in [0.3, 0.4) is 0 Å². The van der Waals surface area contributed by atoms with Gasteiger partial charge in [-0.05, 0) is 19.4 Å². The SMILES string of the molecule is NCCCC(N)c1cnon1. The molecule has 0 aliphatic rings. The van der Waals surface area contributed by atoms with E-state index in [9.17, 15) is 0 Å². The van der Waals surface area contributed by atoms with Gasteiger partial charge in [0.25, 0.3) is 0 Å². The molecule has 0 aliphatic carbocycles. The van der Waals surface area contributed by atoms with E-state index in [1.54, 1.807) is 0 Å². The molecule has 4 N–H and O–H groups in total. The molecule has 0 spiro atoms. The summed E-state index contributed by atoms with van der Waals surface area (Å²) in [5, 5.41) is 7.07. The number of aromatic nitrogens is 2. The van der Waals surface area contributed by atoms with Gasteiger partial charge in [-0.3, -0.25) is 0 Å². The van der Waals surface area contributed by atoms with Crippen molar-refractivity contribution in [2.45, 2.75) is 18.9 Å². The highest BCUT2D eigenvalue weighted by molar-refractivity contribution is 4.96. The standard InChI is InChI=1S/C6H12N4O/c7-3-1-2-5(8)6-4-9-11-10-6/h4-5H,1-3,7-8H2. The maximum absolute atomic E-state index is 5.71. The van der Waals surface area contributed by atoms with Gasteiger partial charge in [0.05, 0.1) is 12.2 Å². The zero-order chi connectivity index (χ0) is 8.10. The lowest BCUT2D eigenvalue weighted by molar-refractivity contribution is 0.300. The predicted octanol–water partition coefficient (Wildman–Crippen LogP) is -0.192. The summed E-state index contributed by atoms with van der Waals surface area (Å²) in [5.74, 6) is 0. The highest BCUT2D eigenvalue weighted by Crippen LogP contribution is 2.10. The first-order valence-corrected chi connectivity index (χ1v) is 3.57. The molecule has 0 fully saturated rings. The minimum absolute atomic E-state index is 0.0928. The third kappa shape index (κ3) is 2.28. The summed E-state index contributed by atoms with van der Waals surface area (Å²) in [6, 6.07) is -0.0928. The van der Waals surface area contributed by atoms with Gasteiger partial charge < -0.3 is 11.5 Å². The summed E-state index contributed by atoms with van der Waals surface area (Å²) < 4.78 is 4.40. The normalized spacial score (nSPS) is 13.3. The molecule has 0 aliphatic heterocycles. The molecule has 0 bridgehead atoms. The van der Waals surface area contributed by atoms with E-state index in [-0.39, 0.29) is 6.04 Å². The number of hydrogen-bond donors (Lipinski definition) is 2. The topological polar surface area (TPSA) is 91.0 Å². The van der Waals surface area contributed by atoms with Crippen molar-refractivity contribution in [3.63, 3.8) is 0 Å². The minimum Gasteiger partial charge on any atom is -0.330 e. The van der Waals surface area contributed by atoms with Crippen LogP contribution in [0.15, 0.2) is 10.8 Å². The predicted molar refractivity (Wildman–Crippen MR) is 39.5 cm³/mol. The highest BCUT2D eigenvalue weighted by atomic mass is 16.6. The first-order chi connectivity index (χ1) is 5.34. The van der Waals surface area contributed by atoms with Gasteiger partial charge in [-0.25, -0.2) is 4.63 Å². The Morgan fingerprint density at radius 2 is 2.45 bits per heavy atom. The molecule has 5 heteroatoms. The Balaban J connectivity index is 2.36. The third-order valence-corrected chi connectivity index (χ3v) is 1.48. The highest BCUT2D eigenvalue weighted by Gasteiger charge is 2.08. The Hall–Kier alpha value is -0.940. The Kier molecular flexibility index (Phi) is 3.00. The molecule has 0 saturated heterocycles. The lowest BCUT2D eigenvalue weighted by Gasteiger charge is -2.04. The van der Waals surface area contributed by atoms with E-state index in [1.807, 2.05) is 0 Å². The van der Waals surface area contributed by atoms with Crippen molar-refractivity contribution in [3.05, 3.63) is 11.9 Å². The van der Waals surface area contributed by atoms with Crippen LogP contribution in [0.2, 0.25) is 0 Å². The molecule has 1 atom stereocenters. The average Bonchev–Trinajstić information content (AvgIpc) is 2.52. The zero-order valence-electron chi connectivity index (χ0n) is 6.23. The van der Waals surface area contributed by atoms with Crippen molar-refractivity contribution >= 4 is 0 Å². The molecule has 1 heterocycles. The Bertz CT molecular complexity index is 186. The van der Waals surface area contributed by atoms with Gasteiger partial charge in [0.15, 0.2) is 0 Å². The van der Waals surface area contributed by atoms with E-state index in [4.69, 9.17) is 11.5 Å². The van der Waals surface area contributed by atoms with Crippen LogP contribution in [0.4, 0.5) is 0 Å². The lowest BCUT2D eigenvalue weighted by Crippen LogP contribution is -2.12. The summed E-state index contributed by atoms with van der Waals surface area (Å²) >= 11 is 0. The quantitative estimate of drug-likeness (QED) is 0.630. The lowest BCUT2D eigenvalue weighted by atomic mass is 10.1. The fourth-order valence-electron chi connectivity index (χ4n) is 0.821. The molecule has 0 saturated carbocycles. The molecule has 1 aromatic rings. The molecular weight excluding hydrogens is 144 g/mol. The van der Waals surface area contributed by atoms with Crippen LogP contribution < -0.4 is 11.5 Å². The van der Waals surface area contributed by atoms with Crippen LogP contribution in [-0.4, -0.2) is 16.9 Å². The Morgan fingerprint density at radius 1 is 1.64 bits per heavy atom. The zero-order valence-corrected chi connectivity index (χ0v) is 6.23. The van der Waals surface area contributed by atoms with Crippen molar-refractivity contribution in [1.82, 2.24) is 10.3 Å². The maximum atomic E-state index is 5.71. The largest absolute Gasteiger partial charge is 0.330 e. The smallest absolute Gasteiger partial charge is 0.121 e. The van der Waals surface area contributed by atoms with Gasteiger partial charge in [-0.1, -0.05) is 10.3 Å². The molecule has 1 unspecified atom stereocenters. The molecule has 0 aromatic carbocycles. The summed E-state index contributed by atoms with van der Waals surface area (Å²) in [4.78, 5) is 0. The molecule has 11 heavy (non-hydrogen) atoms. The second kappa shape index (κ2) is 4.05. The molecule has 1 rings (SSSR count). The first kappa shape index (κ1) is 8.16. The van der Waals surface area contributed by atoms with Crippen molar-refractivity contribution in [3.8, 4) is 0 Å². The monoisotopic (exact) mass is 156 g/mol. The van der Waals surface area contributed by atoms with Crippen LogP contribution in [0.25, 0.3) is 0 Å². The summed E-state index contributed by atoms with van der Waals surface area (Å²) in [5.41, 5.74) is 11.7. The van der Waals surface area contributed by atoms with E-state index in [1.165, 1.54) is 6.20 Å². The van der Waals surface area contributed by atoms with Crippen LogP contribution in [0.5, 0.6) is 0 Å². The molecule has 0 amide bonds. The van der Waals surface area contributed by atoms with Crippen LogP contribution in [-0.2, 0) is 0 Å². The summed E-state index contributed by atoms with van der Waals surface area (Å²) in [7, 11) is 0. The van der Waals surface area contributed by atoms with Crippen molar-refractivity contribution in [2.75, 3.05) is 6.54 Å². The molecule has 5 nitrogen and oxygen atoms in total. The number of nitrogens with two attached hydrogens (primary N) is 2. The van der Waals surface area contributed by atoms with E-state index in [2.05, 4.69) is 14.9 Å². The van der Waals surface area contributed by atoms with E-state index < -0.39 is 0 Å². The van der Waals surface area contributed by atoms with E-state index in [0.29, 0.717) is 12.2 Å². The fraction of sp³-hybridized carbons (Fsp3) is 0.667. The van der Waals surface area contributed by atoms with Gasteiger partial charge >= 0.3 is 0 Å². The summed E-state index contributed by atoms with van der Waals surface area (Å²) in [6.45, 7) is 0.652. The minimum atomic E-state index is -0.0928. The summed E-state index contributed by atoms with van der Waals surface area (Å²) in [6.07, 6.45) is 3.25.